The number of halogens is 1. The SMILES string of the molecule is Fc1ccccc1Nc1cnnc(NCc2ccncc2)n1. The zero-order chi connectivity index (χ0) is 15.2. The predicted octanol–water partition coefficient (Wildman–Crippen LogP) is 2.76. The molecule has 0 radical (unpaired) electrons. The van der Waals surface area contributed by atoms with E-state index in [1.807, 2.05) is 12.1 Å². The Morgan fingerprint density at radius 1 is 1.05 bits per heavy atom. The maximum atomic E-state index is 13.6. The standard InChI is InChI=1S/C15H13FN6/c16-12-3-1-2-4-13(12)20-14-10-19-22-15(21-14)18-9-11-5-7-17-8-6-11/h1-8,10H,9H2,(H2,18,20,21,22). The molecular weight excluding hydrogens is 283 g/mol. The van der Waals surface area contributed by atoms with Crippen molar-refractivity contribution >= 4 is 17.5 Å². The van der Waals surface area contributed by atoms with Crippen molar-refractivity contribution in [2.24, 2.45) is 0 Å². The van der Waals surface area contributed by atoms with Crippen LogP contribution in [-0.2, 0) is 6.54 Å². The highest BCUT2D eigenvalue weighted by Gasteiger charge is 2.04. The van der Waals surface area contributed by atoms with E-state index in [2.05, 4.69) is 30.8 Å². The van der Waals surface area contributed by atoms with Crippen LogP contribution in [0.3, 0.4) is 0 Å². The van der Waals surface area contributed by atoms with Crippen LogP contribution < -0.4 is 10.6 Å². The maximum Gasteiger partial charge on any atom is 0.244 e. The summed E-state index contributed by atoms with van der Waals surface area (Å²) in [6, 6.07) is 10.1. The Hall–Kier alpha value is -3.09. The summed E-state index contributed by atoms with van der Waals surface area (Å²) in [5, 5.41) is 13.7. The van der Waals surface area contributed by atoms with Gasteiger partial charge in [0.2, 0.25) is 5.95 Å². The molecule has 2 aromatic heterocycles. The van der Waals surface area contributed by atoms with Gasteiger partial charge in [0.1, 0.15) is 5.82 Å². The summed E-state index contributed by atoms with van der Waals surface area (Å²) in [6.07, 6.45) is 4.86. The Bertz CT molecular complexity index is 750. The first-order chi connectivity index (χ1) is 10.8. The molecule has 0 fully saturated rings. The van der Waals surface area contributed by atoms with Crippen molar-refractivity contribution in [2.75, 3.05) is 10.6 Å². The second-order valence-electron chi connectivity index (χ2n) is 4.48. The average Bonchev–Trinajstić information content (AvgIpc) is 2.57. The molecule has 110 valence electrons. The quantitative estimate of drug-likeness (QED) is 0.754. The largest absolute Gasteiger partial charge is 0.349 e. The molecule has 0 spiro atoms. The molecule has 3 rings (SSSR count). The summed E-state index contributed by atoms with van der Waals surface area (Å²) in [5.74, 6) is 0.419. The van der Waals surface area contributed by atoms with Crippen molar-refractivity contribution in [2.45, 2.75) is 6.54 Å². The third-order valence-corrected chi connectivity index (χ3v) is 2.90. The number of pyridine rings is 1. The highest BCUT2D eigenvalue weighted by Crippen LogP contribution is 2.17. The third-order valence-electron chi connectivity index (χ3n) is 2.90. The maximum absolute atomic E-state index is 13.6. The summed E-state index contributed by atoms with van der Waals surface area (Å²) >= 11 is 0. The molecule has 0 amide bonds. The smallest absolute Gasteiger partial charge is 0.244 e. The van der Waals surface area contributed by atoms with E-state index < -0.39 is 0 Å². The van der Waals surface area contributed by atoms with Gasteiger partial charge in [0.15, 0.2) is 5.82 Å². The molecule has 22 heavy (non-hydrogen) atoms. The Morgan fingerprint density at radius 3 is 2.68 bits per heavy atom. The molecule has 0 saturated carbocycles. The van der Waals surface area contributed by atoms with Gasteiger partial charge in [-0.2, -0.15) is 10.1 Å². The van der Waals surface area contributed by atoms with Crippen LogP contribution in [0.15, 0.2) is 55.0 Å². The number of nitrogens with zero attached hydrogens (tertiary/aromatic N) is 4. The fourth-order valence-electron chi connectivity index (χ4n) is 1.82. The molecule has 0 unspecified atom stereocenters. The van der Waals surface area contributed by atoms with Gasteiger partial charge in [-0.3, -0.25) is 4.98 Å². The van der Waals surface area contributed by atoms with E-state index >= 15 is 0 Å². The molecule has 6 nitrogen and oxygen atoms in total. The number of anilines is 3. The van der Waals surface area contributed by atoms with Crippen LogP contribution in [0.5, 0.6) is 0 Å². The van der Waals surface area contributed by atoms with Crippen LogP contribution in [0.2, 0.25) is 0 Å². The topological polar surface area (TPSA) is 75.6 Å². The first kappa shape index (κ1) is 13.9. The van der Waals surface area contributed by atoms with E-state index in [4.69, 9.17) is 0 Å². The van der Waals surface area contributed by atoms with Gasteiger partial charge < -0.3 is 10.6 Å². The van der Waals surface area contributed by atoms with Crippen LogP contribution in [-0.4, -0.2) is 20.2 Å². The molecule has 0 aliphatic rings. The molecular formula is C15H13FN6. The number of benzene rings is 1. The van der Waals surface area contributed by atoms with Crippen LogP contribution >= 0.6 is 0 Å². The lowest BCUT2D eigenvalue weighted by Crippen LogP contribution is -2.06. The summed E-state index contributed by atoms with van der Waals surface area (Å²) in [7, 11) is 0. The predicted molar refractivity (Wildman–Crippen MR) is 81.1 cm³/mol. The zero-order valence-electron chi connectivity index (χ0n) is 11.6. The minimum Gasteiger partial charge on any atom is -0.349 e. The fourth-order valence-corrected chi connectivity index (χ4v) is 1.82. The molecule has 0 aliphatic heterocycles. The second-order valence-corrected chi connectivity index (χ2v) is 4.48. The highest BCUT2D eigenvalue weighted by molar-refractivity contribution is 5.56. The van der Waals surface area contributed by atoms with Gasteiger partial charge >= 0.3 is 0 Å². The van der Waals surface area contributed by atoms with Crippen molar-refractivity contribution in [3.8, 4) is 0 Å². The van der Waals surface area contributed by atoms with E-state index in [1.165, 1.54) is 12.3 Å². The Balaban J connectivity index is 1.69. The molecule has 2 N–H and O–H groups in total. The van der Waals surface area contributed by atoms with Crippen LogP contribution in [0.25, 0.3) is 0 Å². The van der Waals surface area contributed by atoms with Gasteiger partial charge in [0, 0.05) is 18.9 Å². The van der Waals surface area contributed by atoms with Crippen molar-refractivity contribution < 1.29 is 4.39 Å². The summed E-state index contributed by atoms with van der Waals surface area (Å²) in [4.78, 5) is 8.20. The lowest BCUT2D eigenvalue weighted by atomic mass is 10.3. The number of hydrogen-bond acceptors (Lipinski definition) is 6. The van der Waals surface area contributed by atoms with Gasteiger partial charge in [-0.15, -0.1) is 5.10 Å². The van der Waals surface area contributed by atoms with E-state index in [-0.39, 0.29) is 5.82 Å². The number of nitrogens with one attached hydrogen (secondary N) is 2. The minimum absolute atomic E-state index is 0.336. The van der Waals surface area contributed by atoms with Gasteiger partial charge in [-0.25, -0.2) is 4.39 Å². The van der Waals surface area contributed by atoms with Gasteiger partial charge in [-0.1, -0.05) is 12.1 Å². The van der Waals surface area contributed by atoms with Crippen molar-refractivity contribution in [3.05, 3.63) is 66.4 Å². The van der Waals surface area contributed by atoms with Crippen molar-refractivity contribution in [1.82, 2.24) is 20.2 Å². The van der Waals surface area contributed by atoms with Crippen LogP contribution in [0.4, 0.5) is 21.8 Å². The zero-order valence-corrected chi connectivity index (χ0v) is 11.6. The van der Waals surface area contributed by atoms with Gasteiger partial charge in [0.25, 0.3) is 0 Å². The average molecular weight is 296 g/mol. The first-order valence-electron chi connectivity index (χ1n) is 6.65. The number of rotatable bonds is 5. The summed E-state index contributed by atoms with van der Waals surface area (Å²) in [5.41, 5.74) is 1.38. The van der Waals surface area contributed by atoms with Gasteiger partial charge in [-0.05, 0) is 29.8 Å². The van der Waals surface area contributed by atoms with Crippen molar-refractivity contribution in [3.63, 3.8) is 0 Å². The van der Waals surface area contributed by atoms with Crippen LogP contribution in [0, 0.1) is 5.82 Å². The second kappa shape index (κ2) is 6.57. The normalized spacial score (nSPS) is 10.2. The Morgan fingerprint density at radius 2 is 1.86 bits per heavy atom. The molecule has 0 saturated heterocycles. The minimum atomic E-state index is -0.354. The number of aromatic nitrogens is 4. The number of hydrogen-bond donors (Lipinski definition) is 2. The fraction of sp³-hybridized carbons (Fsp3) is 0.0667. The number of para-hydroxylation sites is 1. The lowest BCUT2D eigenvalue weighted by molar-refractivity contribution is 0.631. The van der Waals surface area contributed by atoms with E-state index in [0.717, 1.165) is 5.56 Å². The van der Waals surface area contributed by atoms with E-state index in [0.29, 0.717) is 24.0 Å². The lowest BCUT2D eigenvalue weighted by Gasteiger charge is -2.08. The molecule has 0 atom stereocenters. The third kappa shape index (κ3) is 3.51. The molecule has 2 heterocycles. The highest BCUT2D eigenvalue weighted by atomic mass is 19.1. The molecule has 0 aliphatic carbocycles. The van der Waals surface area contributed by atoms with Gasteiger partial charge in [0.05, 0.1) is 11.9 Å². The molecule has 1 aromatic carbocycles. The first-order valence-corrected chi connectivity index (χ1v) is 6.65. The summed E-state index contributed by atoms with van der Waals surface area (Å²) < 4.78 is 13.6. The molecule has 3 aromatic rings. The Kier molecular flexibility index (Phi) is 4.15. The van der Waals surface area contributed by atoms with Crippen molar-refractivity contribution in [1.29, 1.82) is 0 Å². The molecule has 7 heteroatoms. The van der Waals surface area contributed by atoms with Crippen LogP contribution in [0.1, 0.15) is 5.56 Å². The molecule has 0 bridgehead atoms. The van der Waals surface area contributed by atoms with E-state index in [9.17, 15) is 4.39 Å². The summed E-state index contributed by atoms with van der Waals surface area (Å²) in [6.45, 7) is 0.549. The van der Waals surface area contributed by atoms with E-state index in [1.54, 1.807) is 30.6 Å². The monoisotopic (exact) mass is 296 g/mol. The Labute approximate surface area is 126 Å².